The highest BCUT2D eigenvalue weighted by Gasteiger charge is 2.27. The third-order valence-electron chi connectivity index (χ3n) is 4.22. The van der Waals surface area contributed by atoms with Crippen LogP contribution in [0.1, 0.15) is 57.5 Å². The normalized spacial score (nSPS) is 13.2. The molecule has 3 rings (SSSR count). The number of fused-ring (bicyclic) bond motifs is 1. The zero-order valence-corrected chi connectivity index (χ0v) is 15.8. The van der Waals surface area contributed by atoms with Crippen molar-refractivity contribution >= 4 is 39.9 Å². The summed E-state index contributed by atoms with van der Waals surface area (Å²) in [4.78, 5) is 47.2. The van der Waals surface area contributed by atoms with Gasteiger partial charge in [-0.2, -0.15) is 0 Å². The highest BCUT2D eigenvalue weighted by molar-refractivity contribution is 7.17. The first-order chi connectivity index (χ1) is 13.4. The number of rotatable bonds is 4. The zero-order valence-electron chi connectivity index (χ0n) is 15.0. The van der Waals surface area contributed by atoms with Crippen molar-refractivity contribution in [3.8, 4) is 0 Å². The molecule has 1 aliphatic carbocycles. The van der Waals surface area contributed by atoms with E-state index in [0.717, 1.165) is 42.2 Å². The first kappa shape index (κ1) is 19.5. The minimum absolute atomic E-state index is 0.233. The number of hydrogen-bond acceptors (Lipinski definition) is 7. The largest absolute Gasteiger partial charge is 0.433 e. The number of thiophene rings is 1. The Balaban J connectivity index is 1.90. The number of hydrogen-bond donors (Lipinski definition) is 3. The van der Waals surface area contributed by atoms with Gasteiger partial charge < -0.3 is 9.73 Å². The summed E-state index contributed by atoms with van der Waals surface area (Å²) in [5.41, 5.74) is 5.72. The summed E-state index contributed by atoms with van der Waals surface area (Å²) in [7, 11) is 0. The maximum Gasteiger partial charge on any atom is 0.433 e. The standard InChI is InChI=1S/C17H18N4O6S/c1-9(22)19-20-16(24)14-10-5-3-2-4-6-12(10)28-17(14)18-15(23)11-7-8-13(27-11)21(25)26/h7-8H,2-6H2,1H3,(H,18,23)(H,19,22)(H,20,24). The predicted octanol–water partition coefficient (Wildman–Crippen LogP) is 2.55. The molecule has 148 valence electrons. The molecule has 10 nitrogen and oxygen atoms in total. The van der Waals surface area contributed by atoms with E-state index in [1.807, 2.05) is 0 Å². The van der Waals surface area contributed by atoms with Crippen LogP contribution in [0, 0.1) is 10.1 Å². The summed E-state index contributed by atoms with van der Waals surface area (Å²) in [5, 5.41) is 13.7. The van der Waals surface area contributed by atoms with Crippen LogP contribution in [0.2, 0.25) is 0 Å². The lowest BCUT2D eigenvalue weighted by molar-refractivity contribution is -0.402. The second-order valence-electron chi connectivity index (χ2n) is 6.25. The maximum absolute atomic E-state index is 12.6. The fraction of sp³-hybridized carbons (Fsp3) is 0.353. The average molecular weight is 406 g/mol. The summed E-state index contributed by atoms with van der Waals surface area (Å²) in [6.45, 7) is 1.26. The fourth-order valence-electron chi connectivity index (χ4n) is 2.99. The van der Waals surface area contributed by atoms with Crippen molar-refractivity contribution in [2.45, 2.75) is 39.0 Å². The Morgan fingerprint density at radius 1 is 1.11 bits per heavy atom. The SMILES string of the molecule is CC(=O)NNC(=O)c1c(NC(=O)c2ccc([N+](=O)[O-])o2)sc2c1CCCCC2. The summed E-state index contributed by atoms with van der Waals surface area (Å²) >= 11 is 1.29. The number of carbonyl (C=O) groups excluding carboxylic acids is 3. The van der Waals surface area contributed by atoms with Crippen LogP contribution in [-0.2, 0) is 17.6 Å². The Morgan fingerprint density at radius 3 is 2.54 bits per heavy atom. The monoisotopic (exact) mass is 406 g/mol. The smallest absolute Gasteiger partial charge is 0.395 e. The van der Waals surface area contributed by atoms with Crippen LogP contribution in [0.15, 0.2) is 16.5 Å². The van der Waals surface area contributed by atoms with Gasteiger partial charge in [-0.05, 0) is 37.3 Å². The molecule has 0 unspecified atom stereocenters. The Bertz CT molecular complexity index is 948. The van der Waals surface area contributed by atoms with E-state index in [2.05, 4.69) is 16.2 Å². The molecule has 2 aromatic rings. The number of nitrogens with one attached hydrogen (secondary N) is 3. The number of anilines is 1. The number of aryl methyl sites for hydroxylation is 1. The van der Waals surface area contributed by atoms with Gasteiger partial charge in [0.2, 0.25) is 5.91 Å². The van der Waals surface area contributed by atoms with Crippen LogP contribution in [0.25, 0.3) is 0 Å². The van der Waals surface area contributed by atoms with Gasteiger partial charge in [-0.25, -0.2) is 0 Å². The Morgan fingerprint density at radius 2 is 1.86 bits per heavy atom. The number of hydrazine groups is 1. The highest BCUT2D eigenvalue weighted by Crippen LogP contribution is 2.37. The molecule has 3 amide bonds. The second-order valence-corrected chi connectivity index (χ2v) is 7.36. The van der Waals surface area contributed by atoms with Crippen molar-refractivity contribution in [3.05, 3.63) is 44.0 Å². The number of carbonyl (C=O) groups is 3. The van der Waals surface area contributed by atoms with Gasteiger partial charge in [-0.1, -0.05) is 6.42 Å². The minimum Gasteiger partial charge on any atom is -0.395 e. The van der Waals surface area contributed by atoms with Gasteiger partial charge in [0.05, 0.1) is 11.6 Å². The predicted molar refractivity (Wildman–Crippen MR) is 100 cm³/mol. The first-order valence-electron chi connectivity index (χ1n) is 8.64. The molecule has 2 aromatic heterocycles. The van der Waals surface area contributed by atoms with Crippen LogP contribution in [0.4, 0.5) is 10.9 Å². The highest BCUT2D eigenvalue weighted by atomic mass is 32.1. The summed E-state index contributed by atoms with van der Waals surface area (Å²) in [5.74, 6) is -2.43. The zero-order chi connectivity index (χ0) is 20.3. The molecule has 0 fully saturated rings. The van der Waals surface area contributed by atoms with E-state index in [0.29, 0.717) is 17.0 Å². The van der Waals surface area contributed by atoms with E-state index in [9.17, 15) is 24.5 Å². The molecule has 0 radical (unpaired) electrons. The van der Waals surface area contributed by atoms with Crippen LogP contribution in [-0.4, -0.2) is 22.6 Å². The first-order valence-corrected chi connectivity index (χ1v) is 9.45. The van der Waals surface area contributed by atoms with Gasteiger partial charge in [-0.15, -0.1) is 11.3 Å². The van der Waals surface area contributed by atoms with E-state index in [1.165, 1.54) is 24.3 Å². The summed E-state index contributed by atoms with van der Waals surface area (Å²) in [6.07, 6.45) is 4.44. The van der Waals surface area contributed by atoms with E-state index in [-0.39, 0.29) is 5.76 Å². The molecule has 0 saturated carbocycles. The van der Waals surface area contributed by atoms with Gasteiger partial charge in [-0.3, -0.25) is 35.3 Å². The number of furan rings is 1. The van der Waals surface area contributed by atoms with Crippen molar-refractivity contribution in [3.63, 3.8) is 0 Å². The van der Waals surface area contributed by atoms with E-state index in [1.54, 1.807) is 0 Å². The molecule has 2 heterocycles. The Hall–Kier alpha value is -3.21. The number of nitrogens with zero attached hydrogens (tertiary/aromatic N) is 1. The van der Waals surface area contributed by atoms with Gasteiger partial charge >= 0.3 is 5.88 Å². The summed E-state index contributed by atoms with van der Waals surface area (Å²) < 4.78 is 4.92. The fourth-order valence-corrected chi connectivity index (χ4v) is 4.27. The molecule has 28 heavy (non-hydrogen) atoms. The van der Waals surface area contributed by atoms with Crippen molar-refractivity contribution in [2.24, 2.45) is 0 Å². The van der Waals surface area contributed by atoms with E-state index in [4.69, 9.17) is 4.42 Å². The Kier molecular flexibility index (Phi) is 5.73. The van der Waals surface area contributed by atoms with Crippen molar-refractivity contribution < 1.29 is 23.7 Å². The van der Waals surface area contributed by atoms with Crippen LogP contribution >= 0.6 is 11.3 Å². The Labute approximate surface area is 163 Å². The van der Waals surface area contributed by atoms with Gasteiger partial charge in [0, 0.05) is 11.8 Å². The van der Waals surface area contributed by atoms with Gasteiger partial charge in [0.1, 0.15) is 9.92 Å². The molecule has 0 aromatic carbocycles. The third-order valence-corrected chi connectivity index (χ3v) is 5.43. The molecular formula is C17H18N4O6S. The van der Waals surface area contributed by atoms with Crippen LogP contribution < -0.4 is 16.2 Å². The second kappa shape index (κ2) is 8.21. The van der Waals surface area contributed by atoms with Crippen molar-refractivity contribution in [1.82, 2.24) is 10.9 Å². The summed E-state index contributed by atoms with van der Waals surface area (Å²) in [6, 6.07) is 2.28. The molecular weight excluding hydrogens is 388 g/mol. The lowest BCUT2D eigenvalue weighted by Gasteiger charge is -2.09. The number of amides is 3. The number of nitro groups is 1. The van der Waals surface area contributed by atoms with Crippen molar-refractivity contribution in [1.29, 1.82) is 0 Å². The van der Waals surface area contributed by atoms with Gasteiger partial charge in [0.25, 0.3) is 11.8 Å². The minimum atomic E-state index is -0.740. The van der Waals surface area contributed by atoms with Crippen molar-refractivity contribution in [2.75, 3.05) is 5.32 Å². The average Bonchev–Trinajstić information content (AvgIpc) is 3.19. The lowest BCUT2D eigenvalue weighted by atomic mass is 10.1. The molecule has 0 spiro atoms. The molecule has 3 N–H and O–H groups in total. The third kappa shape index (κ3) is 4.19. The topological polar surface area (TPSA) is 144 Å². The molecule has 0 bridgehead atoms. The molecule has 0 aliphatic heterocycles. The molecule has 11 heteroatoms. The van der Waals surface area contributed by atoms with Crippen LogP contribution in [0.5, 0.6) is 0 Å². The van der Waals surface area contributed by atoms with Crippen LogP contribution in [0.3, 0.4) is 0 Å². The molecule has 0 atom stereocenters. The maximum atomic E-state index is 12.6. The molecule has 1 aliphatic rings. The molecule has 0 saturated heterocycles. The van der Waals surface area contributed by atoms with E-state index < -0.39 is 28.5 Å². The lowest BCUT2D eigenvalue weighted by Crippen LogP contribution is -2.40. The van der Waals surface area contributed by atoms with Gasteiger partial charge in [0.15, 0.2) is 5.76 Å². The quantitative estimate of drug-likeness (QED) is 0.404. The van der Waals surface area contributed by atoms with E-state index >= 15 is 0 Å².